The standard InChI is InChI=1S/C17H14N4O4/c22-14-8-4-3-7-12(14)17(25)21-19-15(23)9-13-10-5-1-2-6-11(10)16(24)20-18-13/h1-8,22H,9H2,(H,19,23)(H,20,24)(H,21,25). The highest BCUT2D eigenvalue weighted by molar-refractivity contribution is 5.98. The quantitative estimate of drug-likeness (QED) is 0.522. The molecule has 1 aromatic heterocycles. The van der Waals surface area contributed by atoms with Gasteiger partial charge in [-0.25, -0.2) is 5.10 Å². The smallest absolute Gasteiger partial charge is 0.273 e. The Morgan fingerprint density at radius 2 is 1.68 bits per heavy atom. The van der Waals surface area contributed by atoms with E-state index in [1.54, 1.807) is 36.4 Å². The Hall–Kier alpha value is -3.68. The van der Waals surface area contributed by atoms with E-state index >= 15 is 0 Å². The number of H-pyrrole nitrogens is 1. The van der Waals surface area contributed by atoms with Crippen LogP contribution in [-0.4, -0.2) is 27.1 Å². The molecule has 3 aromatic rings. The number of nitrogens with one attached hydrogen (secondary N) is 3. The van der Waals surface area contributed by atoms with Gasteiger partial charge in [-0.15, -0.1) is 0 Å². The van der Waals surface area contributed by atoms with Crippen LogP contribution in [0.4, 0.5) is 0 Å². The molecule has 0 aliphatic rings. The Morgan fingerprint density at radius 3 is 2.44 bits per heavy atom. The van der Waals surface area contributed by atoms with E-state index in [1.807, 2.05) is 0 Å². The molecule has 0 aliphatic carbocycles. The minimum absolute atomic E-state index is 0.0374. The van der Waals surface area contributed by atoms with Gasteiger partial charge in [0.1, 0.15) is 5.75 Å². The highest BCUT2D eigenvalue weighted by atomic mass is 16.3. The third-order valence-corrected chi connectivity index (χ3v) is 3.57. The number of carbonyl (C=O) groups is 2. The minimum Gasteiger partial charge on any atom is -0.507 e. The van der Waals surface area contributed by atoms with Gasteiger partial charge in [-0.2, -0.15) is 5.10 Å². The van der Waals surface area contributed by atoms with Crippen molar-refractivity contribution in [3.8, 4) is 5.75 Å². The van der Waals surface area contributed by atoms with E-state index in [0.717, 1.165) is 0 Å². The number of aromatic amines is 1. The van der Waals surface area contributed by atoms with Crippen molar-refractivity contribution in [3.05, 3.63) is 70.1 Å². The first-order chi connectivity index (χ1) is 12.1. The Morgan fingerprint density at radius 1 is 1.00 bits per heavy atom. The lowest BCUT2D eigenvalue weighted by Gasteiger charge is -2.09. The summed E-state index contributed by atoms with van der Waals surface area (Å²) < 4.78 is 0. The number of hydrogen-bond acceptors (Lipinski definition) is 5. The van der Waals surface area contributed by atoms with Crippen molar-refractivity contribution in [3.63, 3.8) is 0 Å². The molecule has 0 aliphatic heterocycles. The number of para-hydroxylation sites is 1. The summed E-state index contributed by atoms with van der Waals surface area (Å²) in [5.41, 5.74) is 4.55. The van der Waals surface area contributed by atoms with Crippen molar-refractivity contribution in [2.75, 3.05) is 0 Å². The molecule has 0 unspecified atom stereocenters. The molecular formula is C17H14N4O4. The number of phenolic OH excluding ortho intramolecular Hbond substituents is 1. The van der Waals surface area contributed by atoms with Gasteiger partial charge in [-0.05, 0) is 18.2 Å². The molecule has 0 atom stereocenters. The summed E-state index contributed by atoms with van der Waals surface area (Å²) >= 11 is 0. The molecule has 0 fully saturated rings. The predicted octanol–water partition coefficient (Wildman–Crippen LogP) is 0.632. The van der Waals surface area contributed by atoms with E-state index in [1.165, 1.54) is 12.1 Å². The number of aromatic nitrogens is 2. The Kier molecular flexibility index (Phi) is 4.42. The van der Waals surface area contributed by atoms with Gasteiger partial charge in [-0.3, -0.25) is 25.2 Å². The van der Waals surface area contributed by atoms with Crippen molar-refractivity contribution in [1.29, 1.82) is 0 Å². The maximum absolute atomic E-state index is 12.0. The fraction of sp³-hybridized carbons (Fsp3) is 0.0588. The molecular weight excluding hydrogens is 324 g/mol. The Balaban J connectivity index is 1.70. The average molecular weight is 338 g/mol. The molecule has 1 heterocycles. The highest BCUT2D eigenvalue weighted by Gasteiger charge is 2.13. The second-order valence-corrected chi connectivity index (χ2v) is 5.24. The molecule has 3 rings (SSSR count). The number of phenols is 1. The summed E-state index contributed by atoms with van der Waals surface area (Å²) in [6.07, 6.45) is -0.141. The lowest BCUT2D eigenvalue weighted by molar-refractivity contribution is -0.121. The van der Waals surface area contributed by atoms with Crippen LogP contribution >= 0.6 is 0 Å². The van der Waals surface area contributed by atoms with Crippen LogP contribution in [0.3, 0.4) is 0 Å². The van der Waals surface area contributed by atoms with Gasteiger partial charge >= 0.3 is 0 Å². The van der Waals surface area contributed by atoms with Gasteiger partial charge in [-0.1, -0.05) is 30.3 Å². The zero-order chi connectivity index (χ0) is 17.8. The normalized spacial score (nSPS) is 10.4. The maximum atomic E-state index is 12.0. The zero-order valence-corrected chi connectivity index (χ0v) is 12.9. The number of rotatable bonds is 3. The van der Waals surface area contributed by atoms with E-state index in [2.05, 4.69) is 21.0 Å². The Labute approximate surface area is 141 Å². The van der Waals surface area contributed by atoms with Crippen molar-refractivity contribution < 1.29 is 14.7 Å². The highest BCUT2D eigenvalue weighted by Crippen LogP contribution is 2.15. The third kappa shape index (κ3) is 3.47. The van der Waals surface area contributed by atoms with Crippen LogP contribution in [-0.2, 0) is 11.2 Å². The van der Waals surface area contributed by atoms with Gasteiger partial charge in [0.25, 0.3) is 11.5 Å². The SMILES string of the molecule is O=C(Cc1n[nH]c(=O)c2ccccc12)NNC(=O)c1ccccc1O. The molecule has 0 spiro atoms. The molecule has 4 N–H and O–H groups in total. The second kappa shape index (κ2) is 6.83. The van der Waals surface area contributed by atoms with Crippen molar-refractivity contribution in [2.45, 2.75) is 6.42 Å². The first-order valence-electron chi connectivity index (χ1n) is 7.40. The molecule has 0 bridgehead atoms. The molecule has 25 heavy (non-hydrogen) atoms. The molecule has 0 radical (unpaired) electrons. The average Bonchev–Trinajstić information content (AvgIpc) is 2.63. The third-order valence-electron chi connectivity index (χ3n) is 3.57. The van der Waals surface area contributed by atoms with Gasteiger partial charge in [0, 0.05) is 5.39 Å². The van der Waals surface area contributed by atoms with Gasteiger partial charge < -0.3 is 5.11 Å². The van der Waals surface area contributed by atoms with E-state index in [0.29, 0.717) is 16.5 Å². The molecule has 2 aromatic carbocycles. The summed E-state index contributed by atoms with van der Waals surface area (Å²) in [6.45, 7) is 0. The summed E-state index contributed by atoms with van der Waals surface area (Å²) in [5.74, 6) is -1.36. The molecule has 8 heteroatoms. The lowest BCUT2D eigenvalue weighted by atomic mass is 10.1. The number of benzene rings is 2. The number of carbonyl (C=O) groups excluding carboxylic acids is 2. The fourth-order valence-corrected chi connectivity index (χ4v) is 2.36. The van der Waals surface area contributed by atoms with Gasteiger partial charge in [0.05, 0.1) is 23.1 Å². The van der Waals surface area contributed by atoms with Crippen LogP contribution in [0.15, 0.2) is 53.3 Å². The molecule has 0 saturated carbocycles. The van der Waals surface area contributed by atoms with Crippen molar-refractivity contribution in [1.82, 2.24) is 21.0 Å². The first kappa shape index (κ1) is 16.2. The maximum Gasteiger partial charge on any atom is 0.273 e. The zero-order valence-electron chi connectivity index (χ0n) is 12.9. The van der Waals surface area contributed by atoms with Crippen LogP contribution in [0.2, 0.25) is 0 Å². The lowest BCUT2D eigenvalue weighted by Crippen LogP contribution is -2.42. The number of fused-ring (bicyclic) bond motifs is 1. The van der Waals surface area contributed by atoms with Crippen molar-refractivity contribution >= 4 is 22.6 Å². The minimum atomic E-state index is -0.647. The van der Waals surface area contributed by atoms with Crippen LogP contribution in [0.5, 0.6) is 5.75 Å². The number of hydrazine groups is 1. The summed E-state index contributed by atoms with van der Waals surface area (Å²) in [5, 5.41) is 16.8. The predicted molar refractivity (Wildman–Crippen MR) is 89.8 cm³/mol. The Bertz CT molecular complexity index is 1010. The molecule has 8 nitrogen and oxygen atoms in total. The van der Waals surface area contributed by atoms with Crippen molar-refractivity contribution in [2.24, 2.45) is 0 Å². The number of hydrogen-bond donors (Lipinski definition) is 4. The molecule has 126 valence electrons. The molecule has 2 amide bonds. The van der Waals surface area contributed by atoms with E-state index in [9.17, 15) is 19.5 Å². The van der Waals surface area contributed by atoms with E-state index in [4.69, 9.17) is 0 Å². The fourth-order valence-electron chi connectivity index (χ4n) is 2.36. The topological polar surface area (TPSA) is 124 Å². The van der Waals surface area contributed by atoms with Crippen LogP contribution < -0.4 is 16.4 Å². The van der Waals surface area contributed by atoms with Crippen LogP contribution in [0.25, 0.3) is 10.8 Å². The van der Waals surface area contributed by atoms with Crippen LogP contribution in [0, 0.1) is 0 Å². The summed E-state index contributed by atoms with van der Waals surface area (Å²) in [4.78, 5) is 35.7. The number of amides is 2. The van der Waals surface area contributed by atoms with Gasteiger partial charge in [0.15, 0.2) is 0 Å². The summed E-state index contributed by atoms with van der Waals surface area (Å²) in [6, 6.07) is 12.8. The number of aromatic hydroxyl groups is 1. The summed E-state index contributed by atoms with van der Waals surface area (Å²) in [7, 11) is 0. The largest absolute Gasteiger partial charge is 0.507 e. The van der Waals surface area contributed by atoms with E-state index < -0.39 is 11.8 Å². The number of nitrogens with zero attached hydrogens (tertiary/aromatic N) is 1. The van der Waals surface area contributed by atoms with Crippen LogP contribution in [0.1, 0.15) is 16.1 Å². The van der Waals surface area contributed by atoms with E-state index in [-0.39, 0.29) is 23.3 Å². The van der Waals surface area contributed by atoms with Gasteiger partial charge in [0.2, 0.25) is 5.91 Å². The first-order valence-corrected chi connectivity index (χ1v) is 7.40. The monoisotopic (exact) mass is 338 g/mol. The molecule has 0 saturated heterocycles. The second-order valence-electron chi connectivity index (χ2n) is 5.24.